The molecule has 0 radical (unpaired) electrons. The molecule has 7 heteroatoms. The second-order valence-electron chi connectivity index (χ2n) is 9.53. The molecular formula is C26H47N5O2. The van der Waals surface area contributed by atoms with Gasteiger partial charge in [-0.15, -0.1) is 0 Å². The van der Waals surface area contributed by atoms with E-state index in [1.165, 1.54) is 106 Å². The van der Waals surface area contributed by atoms with E-state index in [2.05, 4.69) is 17.2 Å². The van der Waals surface area contributed by atoms with Gasteiger partial charge in [-0.2, -0.15) is 0 Å². The first-order valence-corrected chi connectivity index (χ1v) is 13.4. The number of imidazole rings is 1. The Hall–Kier alpha value is -1.89. The lowest BCUT2D eigenvalue weighted by Gasteiger charge is -2.08. The van der Waals surface area contributed by atoms with Gasteiger partial charge in [0.15, 0.2) is 11.2 Å². The van der Waals surface area contributed by atoms with E-state index in [4.69, 9.17) is 0 Å². The minimum atomic E-state index is -0.271. The lowest BCUT2D eigenvalue weighted by molar-refractivity contribution is 0.511. The molecule has 2 aromatic heterocycles. The van der Waals surface area contributed by atoms with Crippen molar-refractivity contribution in [2.75, 3.05) is 13.1 Å². The Bertz CT molecular complexity index is 912. The van der Waals surface area contributed by atoms with E-state index in [1.807, 2.05) is 0 Å². The maximum Gasteiger partial charge on any atom is 0.332 e. The van der Waals surface area contributed by atoms with Gasteiger partial charge in [0.25, 0.3) is 5.56 Å². The zero-order valence-electron chi connectivity index (χ0n) is 21.4. The molecule has 7 nitrogen and oxygen atoms in total. The summed E-state index contributed by atoms with van der Waals surface area (Å²) in [6, 6.07) is 0. The maximum atomic E-state index is 12.7. The molecule has 0 atom stereocenters. The summed E-state index contributed by atoms with van der Waals surface area (Å²) in [4.78, 5) is 29.4. The van der Waals surface area contributed by atoms with Crippen molar-refractivity contribution in [1.29, 1.82) is 0 Å². The number of rotatable bonds is 19. The molecule has 2 aromatic rings. The monoisotopic (exact) mass is 461 g/mol. The maximum absolute atomic E-state index is 12.7. The van der Waals surface area contributed by atoms with Gasteiger partial charge in [0, 0.05) is 20.6 Å². The number of hydrogen-bond acceptors (Lipinski definition) is 4. The van der Waals surface area contributed by atoms with Gasteiger partial charge in [-0.05, 0) is 32.4 Å². The first-order valence-electron chi connectivity index (χ1n) is 13.4. The van der Waals surface area contributed by atoms with Gasteiger partial charge in [0.05, 0.1) is 6.33 Å². The van der Waals surface area contributed by atoms with Crippen molar-refractivity contribution < 1.29 is 0 Å². The predicted octanol–water partition coefficient (Wildman–Crippen LogP) is 4.89. The van der Waals surface area contributed by atoms with Gasteiger partial charge in [0.1, 0.15) is 0 Å². The number of nitrogens with one attached hydrogen (secondary N) is 1. The fourth-order valence-electron chi connectivity index (χ4n) is 4.51. The highest BCUT2D eigenvalue weighted by Crippen LogP contribution is 2.10. The van der Waals surface area contributed by atoms with Crippen LogP contribution in [-0.4, -0.2) is 31.8 Å². The summed E-state index contributed by atoms with van der Waals surface area (Å²) < 4.78 is 4.53. The van der Waals surface area contributed by atoms with Crippen LogP contribution in [-0.2, 0) is 20.6 Å². The Morgan fingerprint density at radius 3 is 1.85 bits per heavy atom. The van der Waals surface area contributed by atoms with Gasteiger partial charge in [-0.1, -0.05) is 84.0 Å². The van der Waals surface area contributed by atoms with Crippen LogP contribution in [0.3, 0.4) is 0 Å². The molecule has 2 rings (SSSR count). The molecule has 0 aliphatic carbocycles. The van der Waals surface area contributed by atoms with E-state index < -0.39 is 0 Å². The fraction of sp³-hybridized carbons (Fsp3) is 0.808. The van der Waals surface area contributed by atoms with Crippen molar-refractivity contribution in [3.63, 3.8) is 0 Å². The molecule has 0 aromatic carbocycles. The van der Waals surface area contributed by atoms with Crippen LogP contribution < -0.4 is 16.6 Å². The third-order valence-corrected chi connectivity index (χ3v) is 6.64. The Balaban J connectivity index is 1.46. The van der Waals surface area contributed by atoms with Crippen molar-refractivity contribution in [1.82, 2.24) is 24.0 Å². The van der Waals surface area contributed by atoms with Gasteiger partial charge in [-0.25, -0.2) is 9.78 Å². The number of aromatic nitrogens is 4. The summed E-state index contributed by atoms with van der Waals surface area (Å²) in [6.07, 6.45) is 20.7. The smallest absolute Gasteiger partial charge is 0.328 e. The second-order valence-corrected chi connectivity index (χ2v) is 9.53. The van der Waals surface area contributed by atoms with Crippen LogP contribution in [0.25, 0.3) is 11.2 Å². The number of aryl methyl sites for hydroxylation is 2. The van der Waals surface area contributed by atoms with Gasteiger partial charge in [-0.3, -0.25) is 13.9 Å². The van der Waals surface area contributed by atoms with Crippen LogP contribution in [0, 0.1) is 0 Å². The van der Waals surface area contributed by atoms with Crippen molar-refractivity contribution in [3.05, 3.63) is 27.2 Å². The van der Waals surface area contributed by atoms with Gasteiger partial charge >= 0.3 is 5.69 Å². The normalized spacial score (nSPS) is 11.6. The average molecular weight is 462 g/mol. The van der Waals surface area contributed by atoms with Crippen LogP contribution in [0.15, 0.2) is 15.9 Å². The summed E-state index contributed by atoms with van der Waals surface area (Å²) in [7, 11) is 3.47. The van der Waals surface area contributed by atoms with Gasteiger partial charge < -0.3 is 9.88 Å². The molecule has 0 saturated carbocycles. The van der Waals surface area contributed by atoms with Crippen molar-refractivity contribution in [3.8, 4) is 0 Å². The zero-order chi connectivity index (χ0) is 23.9. The Kier molecular flexibility index (Phi) is 13.1. The summed E-state index contributed by atoms with van der Waals surface area (Å²) >= 11 is 0. The largest absolute Gasteiger partial charge is 0.332 e. The van der Waals surface area contributed by atoms with Crippen molar-refractivity contribution in [2.24, 2.45) is 14.1 Å². The molecule has 0 aliphatic heterocycles. The first kappa shape index (κ1) is 27.4. The Labute approximate surface area is 199 Å². The molecule has 0 saturated heterocycles. The molecule has 0 fully saturated rings. The third kappa shape index (κ3) is 9.11. The molecule has 0 spiro atoms. The minimum absolute atomic E-state index is 0.227. The number of fused-ring (bicyclic) bond motifs is 1. The topological polar surface area (TPSA) is 73.8 Å². The summed E-state index contributed by atoms with van der Waals surface area (Å²) in [6.45, 7) is 5.10. The average Bonchev–Trinajstić information content (AvgIpc) is 3.20. The molecule has 0 aliphatic rings. The van der Waals surface area contributed by atoms with Crippen LogP contribution in [0.1, 0.15) is 103 Å². The van der Waals surface area contributed by atoms with Crippen molar-refractivity contribution in [2.45, 2.75) is 110 Å². The van der Waals surface area contributed by atoms with E-state index in [9.17, 15) is 9.59 Å². The second kappa shape index (κ2) is 15.9. The Morgan fingerprint density at radius 2 is 1.27 bits per heavy atom. The lowest BCUT2D eigenvalue weighted by Crippen LogP contribution is -2.39. The summed E-state index contributed by atoms with van der Waals surface area (Å²) in [5.74, 6) is 0. The number of unbranched alkanes of at least 4 members (excludes halogenated alkanes) is 13. The molecule has 0 bridgehead atoms. The highest BCUT2D eigenvalue weighted by atomic mass is 16.2. The highest BCUT2D eigenvalue weighted by Gasteiger charge is 2.14. The van der Waals surface area contributed by atoms with E-state index in [0.29, 0.717) is 17.7 Å². The highest BCUT2D eigenvalue weighted by molar-refractivity contribution is 5.69. The van der Waals surface area contributed by atoms with Crippen LogP contribution in [0.4, 0.5) is 0 Å². The first-order chi connectivity index (χ1) is 16.1. The summed E-state index contributed by atoms with van der Waals surface area (Å²) in [5.41, 5.74) is 0.453. The zero-order valence-corrected chi connectivity index (χ0v) is 21.4. The molecule has 188 valence electrons. The van der Waals surface area contributed by atoms with Gasteiger partial charge in [0.2, 0.25) is 0 Å². The van der Waals surface area contributed by atoms with E-state index in [0.717, 1.165) is 12.8 Å². The standard InChI is InChI=1S/C26H47N5O2/c1-4-5-6-7-13-16-19-27-20-17-14-11-9-8-10-12-15-18-21-31-25(32)23-24(28-22-29(23)2)30(3)26(31)33/h22,27H,4-21H2,1-3H3. The van der Waals surface area contributed by atoms with Crippen LogP contribution in [0.2, 0.25) is 0 Å². The third-order valence-electron chi connectivity index (χ3n) is 6.64. The Morgan fingerprint density at radius 1 is 0.758 bits per heavy atom. The quantitative estimate of drug-likeness (QED) is 0.302. The van der Waals surface area contributed by atoms with E-state index in [1.54, 1.807) is 25.0 Å². The molecular weight excluding hydrogens is 414 g/mol. The van der Waals surface area contributed by atoms with E-state index in [-0.39, 0.29) is 11.2 Å². The van der Waals surface area contributed by atoms with Crippen molar-refractivity contribution >= 4 is 11.2 Å². The van der Waals surface area contributed by atoms with Crippen LogP contribution >= 0.6 is 0 Å². The molecule has 33 heavy (non-hydrogen) atoms. The molecule has 1 N–H and O–H groups in total. The number of hydrogen-bond donors (Lipinski definition) is 1. The predicted molar refractivity (Wildman–Crippen MR) is 138 cm³/mol. The fourth-order valence-corrected chi connectivity index (χ4v) is 4.51. The molecule has 0 amide bonds. The lowest BCUT2D eigenvalue weighted by atomic mass is 10.1. The molecule has 2 heterocycles. The number of nitrogens with zero attached hydrogens (tertiary/aromatic N) is 4. The minimum Gasteiger partial charge on any atom is -0.328 e. The SMILES string of the molecule is CCCCCCCCNCCCCCCCCCCCn1c(=O)c2c(ncn2C)n(C)c1=O. The molecule has 0 unspecified atom stereocenters. The van der Waals surface area contributed by atoms with Crippen LogP contribution in [0.5, 0.6) is 0 Å². The van der Waals surface area contributed by atoms with E-state index >= 15 is 0 Å². The summed E-state index contributed by atoms with van der Waals surface area (Å²) in [5, 5.41) is 3.58.